The summed E-state index contributed by atoms with van der Waals surface area (Å²) < 4.78 is 0. The van der Waals surface area contributed by atoms with Crippen molar-refractivity contribution in [3.8, 4) is 0 Å². The first-order valence-electron chi connectivity index (χ1n) is 9.70. The SMILES string of the molecule is CC.CC=O.CNCC1CCN(N)C1.CNN1CCCC(NC(C)=O)C1. The lowest BCUT2D eigenvalue weighted by Gasteiger charge is -2.31. The Morgan fingerprint density at radius 1 is 1.19 bits per heavy atom. The van der Waals surface area contributed by atoms with Crippen LogP contribution in [0.2, 0.25) is 0 Å². The van der Waals surface area contributed by atoms with Crippen molar-refractivity contribution in [3.63, 3.8) is 0 Å². The zero-order valence-corrected chi connectivity index (χ0v) is 17.7. The van der Waals surface area contributed by atoms with Crippen LogP contribution < -0.4 is 21.9 Å². The molecule has 0 aliphatic carbocycles. The van der Waals surface area contributed by atoms with Crippen LogP contribution in [0.4, 0.5) is 0 Å². The molecule has 156 valence electrons. The zero-order valence-electron chi connectivity index (χ0n) is 17.7. The first-order valence-corrected chi connectivity index (χ1v) is 9.70. The summed E-state index contributed by atoms with van der Waals surface area (Å²) in [6, 6.07) is 0.323. The van der Waals surface area contributed by atoms with E-state index in [0.29, 0.717) is 6.04 Å². The van der Waals surface area contributed by atoms with Gasteiger partial charge in [-0.1, -0.05) is 13.8 Å². The summed E-state index contributed by atoms with van der Waals surface area (Å²) in [6.07, 6.45) is 4.24. The second kappa shape index (κ2) is 18.7. The summed E-state index contributed by atoms with van der Waals surface area (Å²) in [5, 5.41) is 10.1. The van der Waals surface area contributed by atoms with Gasteiger partial charge < -0.3 is 15.4 Å². The van der Waals surface area contributed by atoms with Crippen LogP contribution in [0.5, 0.6) is 0 Å². The van der Waals surface area contributed by atoms with Gasteiger partial charge in [-0.05, 0) is 52.7 Å². The number of nitrogens with zero attached hydrogens (tertiary/aromatic N) is 2. The zero-order chi connectivity index (χ0) is 20.4. The van der Waals surface area contributed by atoms with Crippen molar-refractivity contribution < 1.29 is 9.59 Å². The van der Waals surface area contributed by atoms with E-state index in [1.807, 2.05) is 33.0 Å². The molecule has 2 saturated heterocycles. The molecule has 2 heterocycles. The van der Waals surface area contributed by atoms with Gasteiger partial charge in [0.2, 0.25) is 5.91 Å². The lowest BCUT2D eigenvalue weighted by Crippen LogP contribution is -2.50. The molecular formula is C18H42N6O2. The van der Waals surface area contributed by atoms with E-state index < -0.39 is 0 Å². The normalized spacial score (nSPS) is 22.6. The molecule has 2 fully saturated rings. The van der Waals surface area contributed by atoms with E-state index in [1.54, 1.807) is 6.92 Å². The molecule has 0 aromatic rings. The van der Waals surface area contributed by atoms with Crippen LogP contribution in [0.1, 0.15) is 47.0 Å². The Bertz CT molecular complexity index is 342. The van der Waals surface area contributed by atoms with Gasteiger partial charge in [-0.3, -0.25) is 16.1 Å². The Morgan fingerprint density at radius 2 is 1.81 bits per heavy atom. The number of amides is 1. The highest BCUT2D eigenvalue weighted by molar-refractivity contribution is 5.73. The Balaban J connectivity index is 0. The molecule has 2 atom stereocenters. The van der Waals surface area contributed by atoms with E-state index >= 15 is 0 Å². The van der Waals surface area contributed by atoms with Crippen LogP contribution in [0.15, 0.2) is 0 Å². The number of aldehydes is 1. The van der Waals surface area contributed by atoms with Gasteiger partial charge in [0.1, 0.15) is 6.29 Å². The van der Waals surface area contributed by atoms with Crippen molar-refractivity contribution >= 4 is 12.2 Å². The monoisotopic (exact) mass is 374 g/mol. The van der Waals surface area contributed by atoms with Crippen molar-refractivity contribution in [1.82, 2.24) is 26.1 Å². The third-order valence-corrected chi connectivity index (χ3v) is 3.96. The number of carbonyl (C=O) groups is 2. The van der Waals surface area contributed by atoms with Crippen molar-refractivity contribution in [3.05, 3.63) is 0 Å². The van der Waals surface area contributed by atoms with Gasteiger partial charge >= 0.3 is 0 Å². The lowest BCUT2D eigenvalue weighted by atomic mass is 10.1. The van der Waals surface area contributed by atoms with Crippen LogP contribution in [-0.2, 0) is 9.59 Å². The second-order valence-corrected chi connectivity index (χ2v) is 6.15. The fourth-order valence-corrected chi connectivity index (χ4v) is 2.90. The van der Waals surface area contributed by atoms with Crippen molar-refractivity contribution in [1.29, 1.82) is 0 Å². The fraction of sp³-hybridized carbons (Fsp3) is 0.889. The van der Waals surface area contributed by atoms with Crippen LogP contribution in [0, 0.1) is 5.92 Å². The third-order valence-electron chi connectivity index (χ3n) is 3.96. The molecule has 0 aromatic heterocycles. The molecule has 0 radical (unpaired) electrons. The maximum absolute atomic E-state index is 10.8. The molecule has 2 aliphatic heterocycles. The molecule has 1 amide bonds. The van der Waals surface area contributed by atoms with Crippen LogP contribution in [-0.4, -0.2) is 75.1 Å². The third kappa shape index (κ3) is 15.2. The summed E-state index contributed by atoms with van der Waals surface area (Å²) in [6.45, 7) is 12.2. The van der Waals surface area contributed by atoms with Crippen LogP contribution >= 0.6 is 0 Å². The van der Waals surface area contributed by atoms with E-state index in [-0.39, 0.29) is 5.91 Å². The minimum Gasteiger partial charge on any atom is -0.352 e. The van der Waals surface area contributed by atoms with Gasteiger partial charge in [0.25, 0.3) is 0 Å². The van der Waals surface area contributed by atoms with Gasteiger partial charge in [-0.2, -0.15) is 0 Å². The molecule has 8 heteroatoms. The molecule has 2 unspecified atom stereocenters. The molecule has 0 saturated carbocycles. The number of nitrogens with one attached hydrogen (secondary N) is 3. The predicted octanol–water partition coefficient (Wildman–Crippen LogP) is 0.354. The predicted molar refractivity (Wildman–Crippen MR) is 108 cm³/mol. The number of hydrogen-bond acceptors (Lipinski definition) is 7. The average molecular weight is 375 g/mol. The van der Waals surface area contributed by atoms with Crippen LogP contribution in [0.25, 0.3) is 0 Å². The highest BCUT2D eigenvalue weighted by atomic mass is 16.1. The van der Waals surface area contributed by atoms with Gasteiger partial charge in [0.15, 0.2) is 0 Å². The number of rotatable bonds is 4. The Kier molecular flexibility index (Phi) is 19.6. The highest BCUT2D eigenvalue weighted by Crippen LogP contribution is 2.10. The van der Waals surface area contributed by atoms with E-state index in [4.69, 9.17) is 10.6 Å². The Morgan fingerprint density at radius 3 is 2.23 bits per heavy atom. The summed E-state index contributed by atoms with van der Waals surface area (Å²) >= 11 is 0. The summed E-state index contributed by atoms with van der Waals surface area (Å²) in [5.74, 6) is 6.41. The molecule has 8 nitrogen and oxygen atoms in total. The molecule has 2 rings (SSSR count). The van der Waals surface area contributed by atoms with E-state index in [2.05, 4.69) is 21.1 Å². The number of piperidine rings is 1. The minimum atomic E-state index is 0.0675. The molecule has 2 aliphatic rings. The average Bonchev–Trinajstić information content (AvgIpc) is 3.03. The van der Waals surface area contributed by atoms with Crippen molar-refractivity contribution in [2.24, 2.45) is 11.8 Å². The van der Waals surface area contributed by atoms with Gasteiger partial charge in [-0.25, -0.2) is 10.0 Å². The lowest BCUT2D eigenvalue weighted by molar-refractivity contribution is -0.120. The first kappa shape index (κ1) is 27.2. The van der Waals surface area contributed by atoms with Crippen molar-refractivity contribution in [2.75, 3.05) is 46.8 Å². The molecular weight excluding hydrogens is 332 g/mol. The van der Waals surface area contributed by atoms with E-state index in [0.717, 1.165) is 57.8 Å². The topological polar surface area (TPSA) is 103 Å². The van der Waals surface area contributed by atoms with E-state index in [1.165, 1.54) is 13.3 Å². The molecule has 26 heavy (non-hydrogen) atoms. The Hall–Kier alpha value is -1.06. The molecule has 0 spiro atoms. The van der Waals surface area contributed by atoms with Crippen molar-refractivity contribution in [2.45, 2.75) is 53.0 Å². The largest absolute Gasteiger partial charge is 0.352 e. The molecule has 0 aromatic carbocycles. The summed E-state index contributed by atoms with van der Waals surface area (Å²) in [7, 11) is 3.90. The van der Waals surface area contributed by atoms with Crippen LogP contribution in [0.3, 0.4) is 0 Å². The molecule has 5 N–H and O–H groups in total. The smallest absolute Gasteiger partial charge is 0.217 e. The standard InChI is InChI=1S/C8H17N3O.C6H15N3.C2H4O.C2H6/c1-7(12)10-8-4-3-5-11(6-8)9-2;1-8-4-6-2-3-9(7)5-6;1-2-3;1-2/h8-9H,3-6H2,1-2H3,(H,10,12);6,8H,2-5,7H2,1H3;2H,1H3;1-2H3. The number of nitrogens with two attached hydrogens (primary N) is 1. The maximum atomic E-state index is 10.8. The van der Waals surface area contributed by atoms with Gasteiger partial charge in [-0.15, -0.1) is 0 Å². The summed E-state index contributed by atoms with van der Waals surface area (Å²) in [5.41, 5.74) is 3.09. The number of hydrogen-bond donors (Lipinski definition) is 4. The number of carbonyl (C=O) groups excluding carboxylic acids is 2. The quantitative estimate of drug-likeness (QED) is 0.416. The molecule has 0 bridgehead atoms. The highest BCUT2D eigenvalue weighted by Gasteiger charge is 2.19. The van der Waals surface area contributed by atoms with E-state index in [9.17, 15) is 4.79 Å². The second-order valence-electron chi connectivity index (χ2n) is 6.15. The van der Waals surface area contributed by atoms with Gasteiger partial charge in [0.05, 0.1) is 0 Å². The minimum absolute atomic E-state index is 0.0675. The number of hydrazine groups is 2. The fourth-order valence-electron chi connectivity index (χ4n) is 2.90. The van der Waals surface area contributed by atoms with Gasteiger partial charge in [0, 0.05) is 39.1 Å². The Labute approximate surface area is 160 Å². The summed E-state index contributed by atoms with van der Waals surface area (Å²) in [4.78, 5) is 19.6. The maximum Gasteiger partial charge on any atom is 0.217 e. The first-order chi connectivity index (χ1) is 12.5.